The van der Waals surface area contributed by atoms with Crippen molar-refractivity contribution in [1.82, 2.24) is 14.7 Å². The molecule has 77 heavy (non-hydrogen) atoms. The summed E-state index contributed by atoms with van der Waals surface area (Å²) < 4.78 is 35.2. The first kappa shape index (κ1) is 71.3. The summed E-state index contributed by atoms with van der Waals surface area (Å²) in [5.74, 6) is 1.70. The molecule has 6 atom stereocenters. The van der Waals surface area contributed by atoms with Gasteiger partial charge in [0.15, 0.2) is 0 Å². The molecule has 458 valence electrons. The third-order valence-corrected chi connectivity index (χ3v) is 22.4. The van der Waals surface area contributed by atoms with E-state index in [0.717, 1.165) is 58.2 Å². The lowest BCUT2D eigenvalue weighted by Gasteiger charge is -2.41. The smallest absolute Gasteiger partial charge is 0.275 e. The fourth-order valence-corrected chi connectivity index (χ4v) is 15.2. The van der Waals surface area contributed by atoms with Crippen LogP contribution in [-0.2, 0) is 18.1 Å². The maximum atomic E-state index is 15.3. The number of unbranched alkanes of at least 4 members (excludes halogenated alkanes) is 39. The predicted octanol–water partition coefficient (Wildman–Crippen LogP) is 22.9. The third kappa shape index (κ3) is 28.9. The average Bonchev–Trinajstić information content (AvgIpc) is 4.01. The lowest BCUT2D eigenvalue weighted by atomic mass is 9.83. The first-order valence-electron chi connectivity index (χ1n) is 35.2. The van der Waals surface area contributed by atoms with E-state index in [4.69, 9.17) is 13.6 Å². The molecule has 0 aliphatic carbocycles. The van der Waals surface area contributed by atoms with Gasteiger partial charge in [-0.15, -0.1) is 0 Å². The molecule has 0 radical (unpaired) electrons. The Hall–Kier alpha value is -0.0100. The quantitative estimate of drug-likeness (QED) is 0.0444. The molecule has 3 aliphatic heterocycles. The molecular formula is C69H138N3O4P. The van der Waals surface area contributed by atoms with Crippen molar-refractivity contribution in [3.05, 3.63) is 0 Å². The fraction of sp³-hybridized carbons (Fsp3) is 1.00. The molecule has 8 heteroatoms. The predicted molar refractivity (Wildman–Crippen MR) is 337 cm³/mol. The van der Waals surface area contributed by atoms with Gasteiger partial charge in [0.2, 0.25) is 0 Å². The summed E-state index contributed by atoms with van der Waals surface area (Å²) >= 11 is 0. The van der Waals surface area contributed by atoms with Crippen molar-refractivity contribution >= 4 is 7.82 Å². The van der Waals surface area contributed by atoms with Gasteiger partial charge in [0.1, 0.15) is 20.2 Å². The van der Waals surface area contributed by atoms with Crippen molar-refractivity contribution in [2.75, 3.05) is 39.8 Å². The Kier molecular flexibility index (Phi) is 40.4. The van der Waals surface area contributed by atoms with Crippen LogP contribution in [0.4, 0.5) is 0 Å². The molecule has 0 aromatic heterocycles. The second-order valence-corrected chi connectivity index (χ2v) is 28.9. The van der Waals surface area contributed by atoms with Gasteiger partial charge < -0.3 is 0 Å². The second-order valence-electron chi connectivity index (χ2n) is 27.2. The highest BCUT2D eigenvalue weighted by molar-refractivity contribution is 7.48. The maximum Gasteiger partial charge on any atom is 0.478 e. The van der Waals surface area contributed by atoms with Crippen molar-refractivity contribution < 1.29 is 18.1 Å². The maximum absolute atomic E-state index is 15.3. The standard InChI is InChI=1S/C69H138N3O4P/c1-10-13-16-19-22-25-28-31-34-37-40-43-46-49-55-67(7)64(4)52-58-70(67)61-74-77(73,75-62-71-59-53-65(5)68(71,8)56-50-47-44-41-38-35-32-29-26-23-20-17-14-11-2)76-63-72-60-54-66(6)69(72,9)57-51-48-45-42-39-36-33-30-27-24-21-18-15-12-3/h64-66H,10-63H2,1-9H3. The van der Waals surface area contributed by atoms with Crippen LogP contribution in [0, 0.1) is 17.8 Å². The van der Waals surface area contributed by atoms with Gasteiger partial charge in [-0.05, 0) is 77.0 Å². The van der Waals surface area contributed by atoms with Gasteiger partial charge in [-0.2, -0.15) is 0 Å². The molecule has 7 nitrogen and oxygen atoms in total. The Morgan fingerprint density at radius 1 is 0.312 bits per heavy atom. The second kappa shape index (κ2) is 43.6. The largest absolute Gasteiger partial charge is 0.478 e. The van der Waals surface area contributed by atoms with Gasteiger partial charge in [-0.25, -0.2) is 4.57 Å². The van der Waals surface area contributed by atoms with E-state index >= 15 is 4.57 Å². The Labute approximate surface area is 483 Å². The zero-order valence-electron chi connectivity index (χ0n) is 53.8. The lowest BCUT2D eigenvalue weighted by Crippen LogP contribution is -2.47. The van der Waals surface area contributed by atoms with Crippen LogP contribution in [0.5, 0.6) is 0 Å². The molecule has 0 aromatic rings. The van der Waals surface area contributed by atoms with Crippen LogP contribution in [0.2, 0.25) is 0 Å². The fourth-order valence-electron chi connectivity index (χ4n) is 14.1. The van der Waals surface area contributed by atoms with E-state index in [9.17, 15) is 0 Å². The summed E-state index contributed by atoms with van der Waals surface area (Å²) in [4.78, 5) is 7.48. The van der Waals surface area contributed by atoms with Crippen LogP contribution < -0.4 is 0 Å². The summed E-state index contributed by atoms with van der Waals surface area (Å²) in [6.07, 6.45) is 65.1. The molecular weight excluding hydrogens is 966 g/mol. The van der Waals surface area contributed by atoms with E-state index in [0.29, 0.717) is 37.9 Å². The molecule has 0 aromatic carbocycles. The molecule has 3 aliphatic rings. The third-order valence-electron chi connectivity index (χ3n) is 21.1. The SMILES string of the molecule is CCCCCCCCCCCCCCCCC1(C)C(C)CCN1COP(=O)(OCN1CCC(C)C1(C)CCCCCCCCCCCCCCCC)OCN1CCC(C)C1(C)CCCCCCCCCCCCCCCC. The first-order chi connectivity index (χ1) is 37.4. The van der Waals surface area contributed by atoms with Crippen molar-refractivity contribution in [2.45, 2.75) is 387 Å². The normalized spacial score (nSPS) is 25.2. The highest BCUT2D eigenvalue weighted by atomic mass is 31.2. The molecule has 0 spiro atoms. The monoisotopic (exact) mass is 1100 g/mol. The minimum absolute atomic E-state index is 0.0228. The van der Waals surface area contributed by atoms with Crippen molar-refractivity contribution in [3.63, 3.8) is 0 Å². The van der Waals surface area contributed by atoms with Crippen molar-refractivity contribution in [2.24, 2.45) is 17.8 Å². The summed E-state index contributed by atoms with van der Waals surface area (Å²) in [7, 11) is -3.91. The van der Waals surface area contributed by atoms with E-state index in [2.05, 4.69) is 77.0 Å². The van der Waals surface area contributed by atoms with Gasteiger partial charge in [0, 0.05) is 36.3 Å². The minimum atomic E-state index is -3.91. The average molecular weight is 1100 g/mol. The topological polar surface area (TPSA) is 54.5 Å². The van der Waals surface area contributed by atoms with E-state index < -0.39 is 7.82 Å². The molecule has 0 saturated carbocycles. The Morgan fingerprint density at radius 2 is 0.481 bits per heavy atom. The van der Waals surface area contributed by atoms with Crippen LogP contribution in [0.1, 0.15) is 371 Å². The minimum Gasteiger partial charge on any atom is -0.275 e. The molecule has 3 heterocycles. The van der Waals surface area contributed by atoms with E-state index in [1.165, 1.54) is 270 Å². The number of nitrogens with zero attached hydrogens (tertiary/aromatic N) is 3. The molecule has 0 bridgehead atoms. The Bertz CT molecular complexity index is 1260. The van der Waals surface area contributed by atoms with Gasteiger partial charge in [-0.3, -0.25) is 28.3 Å². The number of hydrogen-bond donors (Lipinski definition) is 0. The summed E-state index contributed by atoms with van der Waals surface area (Å²) in [5, 5.41) is 0. The number of phosphoric ester groups is 1. The molecule has 0 N–H and O–H groups in total. The van der Waals surface area contributed by atoms with Crippen molar-refractivity contribution in [1.29, 1.82) is 0 Å². The Balaban J connectivity index is 1.53. The van der Waals surface area contributed by atoms with E-state index in [1.807, 2.05) is 0 Å². The molecule has 3 fully saturated rings. The highest BCUT2D eigenvalue weighted by Crippen LogP contribution is 2.53. The number of likely N-dealkylation sites (tertiary alicyclic amines) is 3. The summed E-state index contributed by atoms with van der Waals surface area (Å²) in [6, 6.07) is 0. The van der Waals surface area contributed by atoms with Crippen molar-refractivity contribution in [3.8, 4) is 0 Å². The Morgan fingerprint density at radius 3 is 0.662 bits per heavy atom. The van der Waals surface area contributed by atoms with Crippen LogP contribution in [0.3, 0.4) is 0 Å². The lowest BCUT2D eigenvalue weighted by molar-refractivity contribution is -0.0360. The van der Waals surface area contributed by atoms with E-state index in [-0.39, 0.29) is 16.6 Å². The van der Waals surface area contributed by atoms with Crippen LogP contribution >= 0.6 is 7.82 Å². The van der Waals surface area contributed by atoms with Crippen LogP contribution in [-0.4, -0.2) is 71.1 Å². The van der Waals surface area contributed by atoms with Gasteiger partial charge in [-0.1, -0.05) is 311 Å². The number of rotatable bonds is 54. The summed E-state index contributed by atoms with van der Waals surface area (Å²) in [5.41, 5.74) is 0.0684. The molecule has 6 unspecified atom stereocenters. The highest BCUT2D eigenvalue weighted by Gasteiger charge is 2.47. The zero-order valence-corrected chi connectivity index (χ0v) is 54.7. The van der Waals surface area contributed by atoms with Crippen LogP contribution in [0.15, 0.2) is 0 Å². The van der Waals surface area contributed by atoms with Gasteiger partial charge in [0.05, 0.1) is 0 Å². The van der Waals surface area contributed by atoms with Crippen LogP contribution in [0.25, 0.3) is 0 Å². The van der Waals surface area contributed by atoms with E-state index in [1.54, 1.807) is 0 Å². The first-order valence-corrected chi connectivity index (χ1v) is 36.6. The number of phosphoric acid groups is 1. The van der Waals surface area contributed by atoms with Gasteiger partial charge >= 0.3 is 7.82 Å². The molecule has 0 amide bonds. The number of hydrogen-bond acceptors (Lipinski definition) is 7. The molecule has 3 rings (SSSR count). The zero-order chi connectivity index (χ0) is 55.8. The summed E-state index contributed by atoms with van der Waals surface area (Å²) in [6.45, 7) is 25.4. The van der Waals surface area contributed by atoms with Gasteiger partial charge in [0.25, 0.3) is 0 Å². The molecule has 3 saturated heterocycles.